The lowest BCUT2D eigenvalue weighted by Gasteiger charge is -2.11. The van der Waals surface area contributed by atoms with Crippen molar-refractivity contribution < 1.29 is 18.7 Å². The second-order valence-electron chi connectivity index (χ2n) is 6.72. The average molecular weight is 420 g/mol. The Morgan fingerprint density at radius 3 is 3.00 bits per heavy atom. The first-order valence-electron chi connectivity index (χ1n) is 9.38. The zero-order valence-electron chi connectivity index (χ0n) is 16.7. The molecule has 0 radical (unpaired) electrons. The van der Waals surface area contributed by atoms with Crippen molar-refractivity contribution in [2.45, 2.75) is 20.3 Å². The summed E-state index contributed by atoms with van der Waals surface area (Å²) in [4.78, 5) is 23.2. The van der Waals surface area contributed by atoms with Crippen LogP contribution < -0.4 is 10.1 Å². The summed E-state index contributed by atoms with van der Waals surface area (Å²) in [5, 5.41) is 9.33. The van der Waals surface area contributed by atoms with Crippen molar-refractivity contribution >= 4 is 29.4 Å². The van der Waals surface area contributed by atoms with Gasteiger partial charge in [-0.05, 0) is 31.9 Å². The fourth-order valence-corrected chi connectivity index (χ4v) is 3.15. The van der Waals surface area contributed by atoms with Crippen LogP contribution in [0.1, 0.15) is 35.5 Å². The van der Waals surface area contributed by atoms with Crippen LogP contribution in [0.25, 0.3) is 10.9 Å². The molecule has 4 rings (SSSR count). The Morgan fingerprint density at radius 1 is 1.39 bits per heavy atom. The van der Waals surface area contributed by atoms with Gasteiger partial charge in [-0.2, -0.15) is 5.10 Å². The predicted molar refractivity (Wildman–Crippen MR) is 110 cm³/mol. The second-order valence-corrected chi connectivity index (χ2v) is 6.72. The van der Waals surface area contributed by atoms with E-state index in [4.69, 9.17) is 16.0 Å². The number of aromatic nitrogens is 4. The third-order valence-electron chi connectivity index (χ3n) is 4.52. The van der Waals surface area contributed by atoms with Gasteiger partial charge in [0, 0.05) is 11.6 Å². The second kappa shape index (κ2) is 8.23. The summed E-state index contributed by atoms with van der Waals surface area (Å²) in [5.41, 5.74) is 2.50. The van der Waals surface area contributed by atoms with Gasteiger partial charge in [-0.3, -0.25) is 5.10 Å². The number of nitrogens with zero attached hydrogens (tertiary/aromatic N) is 4. The van der Waals surface area contributed by atoms with Gasteiger partial charge in [0.1, 0.15) is 17.8 Å². The topological polar surface area (TPSA) is 106 Å². The third-order valence-corrected chi connectivity index (χ3v) is 4.52. The molecule has 0 saturated carbocycles. The molecule has 1 aliphatic carbocycles. The number of carbonyl (C=O) groups excluding carboxylic acids is 1. The Hall–Kier alpha value is -4.26. The number of fused-ring (bicyclic) bond motifs is 1. The normalized spacial score (nSPS) is 12.0. The highest BCUT2D eigenvalue weighted by Crippen LogP contribution is 2.39. The maximum atomic E-state index is 14.9. The number of rotatable bonds is 6. The van der Waals surface area contributed by atoms with Crippen molar-refractivity contribution in [3.8, 4) is 11.6 Å². The molecule has 0 unspecified atom stereocenters. The first-order chi connectivity index (χ1) is 15.0. The van der Waals surface area contributed by atoms with Gasteiger partial charge in [0.05, 0.1) is 13.2 Å². The van der Waals surface area contributed by atoms with Crippen molar-refractivity contribution in [2.75, 3.05) is 11.9 Å². The van der Waals surface area contributed by atoms with Crippen LogP contribution in [0.5, 0.6) is 11.6 Å². The van der Waals surface area contributed by atoms with Crippen LogP contribution in [0.15, 0.2) is 30.1 Å². The minimum Gasteiger partial charge on any atom is -0.461 e. The summed E-state index contributed by atoms with van der Waals surface area (Å²) in [6.45, 7) is 11.4. The van der Waals surface area contributed by atoms with Crippen LogP contribution in [-0.2, 0) is 11.2 Å². The van der Waals surface area contributed by atoms with Crippen LogP contribution >= 0.6 is 0 Å². The fourth-order valence-electron chi connectivity index (χ4n) is 3.15. The monoisotopic (exact) mass is 420 g/mol. The van der Waals surface area contributed by atoms with Gasteiger partial charge in [-0.1, -0.05) is 17.7 Å². The van der Waals surface area contributed by atoms with Gasteiger partial charge in [0.15, 0.2) is 17.4 Å². The molecule has 31 heavy (non-hydrogen) atoms. The zero-order chi connectivity index (χ0) is 22.0. The summed E-state index contributed by atoms with van der Waals surface area (Å²) in [5.74, 6) is -0.878. The first kappa shape index (κ1) is 20.0. The summed E-state index contributed by atoms with van der Waals surface area (Å²) in [6.07, 6.45) is 3.65. The fraction of sp³-hybridized carbons (Fsp3) is 0.190. The first-order valence-corrected chi connectivity index (χ1v) is 9.38. The van der Waals surface area contributed by atoms with E-state index >= 15 is 0 Å². The van der Waals surface area contributed by atoms with Crippen LogP contribution in [-0.4, -0.2) is 32.7 Å². The number of carbonyl (C=O) groups is 1. The number of allylic oxidation sites excluding steroid dienone is 1. The number of H-pyrrole nitrogens is 1. The number of nitrogens with one attached hydrogen (secondary N) is 2. The van der Waals surface area contributed by atoms with Crippen LogP contribution in [0.2, 0.25) is 0 Å². The molecule has 0 saturated heterocycles. The Morgan fingerprint density at radius 2 is 2.23 bits per heavy atom. The van der Waals surface area contributed by atoms with Gasteiger partial charge < -0.3 is 14.8 Å². The summed E-state index contributed by atoms with van der Waals surface area (Å²) < 4.78 is 25.4. The molecule has 3 aromatic rings. The molecule has 9 nitrogen and oxygen atoms in total. The van der Waals surface area contributed by atoms with Crippen molar-refractivity contribution in [3.05, 3.63) is 64.2 Å². The highest BCUT2D eigenvalue weighted by Gasteiger charge is 2.21. The molecular formula is C21H17FN6O3. The maximum absolute atomic E-state index is 14.9. The Labute approximate surface area is 176 Å². The van der Waals surface area contributed by atoms with Gasteiger partial charge >= 0.3 is 5.97 Å². The largest absolute Gasteiger partial charge is 0.461 e. The number of benzene rings is 1. The molecule has 0 atom stereocenters. The molecule has 2 N–H and O–H groups in total. The molecule has 2 heterocycles. The van der Waals surface area contributed by atoms with E-state index < -0.39 is 11.8 Å². The highest BCUT2D eigenvalue weighted by atomic mass is 19.1. The standard InChI is InChI=1S/C21H17FN6O3/c1-4-30-21(29)14-9-16(28-27-14)26-19-18(23-3)20(25-10-24-19)31-15-6-5-12-7-11(2)8-13(12)17(15)22/h5-6,8-10H,4,7H2,1-2H3,(H2,24,25,26,27,28). The zero-order valence-corrected chi connectivity index (χ0v) is 16.7. The van der Waals surface area contributed by atoms with E-state index in [1.165, 1.54) is 18.5 Å². The minimum absolute atomic E-state index is 0.0383. The molecule has 0 bridgehead atoms. The summed E-state index contributed by atoms with van der Waals surface area (Å²) in [6, 6.07) is 4.73. The lowest BCUT2D eigenvalue weighted by molar-refractivity contribution is 0.0519. The summed E-state index contributed by atoms with van der Waals surface area (Å²) in [7, 11) is 0. The predicted octanol–water partition coefficient (Wildman–Crippen LogP) is 4.56. The van der Waals surface area contributed by atoms with E-state index in [9.17, 15) is 9.18 Å². The van der Waals surface area contributed by atoms with Crippen LogP contribution in [0.3, 0.4) is 0 Å². The molecule has 1 aliphatic rings. The lowest BCUT2D eigenvalue weighted by atomic mass is 10.1. The van der Waals surface area contributed by atoms with E-state index in [2.05, 4.69) is 30.3 Å². The van der Waals surface area contributed by atoms with E-state index in [0.29, 0.717) is 12.0 Å². The molecular weight excluding hydrogens is 403 g/mol. The molecule has 2 aromatic heterocycles. The number of hydrogen-bond acceptors (Lipinski definition) is 7. The summed E-state index contributed by atoms with van der Waals surface area (Å²) >= 11 is 0. The quantitative estimate of drug-likeness (QED) is 0.445. The number of ether oxygens (including phenoxy) is 2. The molecule has 156 valence electrons. The molecule has 0 aliphatic heterocycles. The lowest BCUT2D eigenvalue weighted by Crippen LogP contribution is -2.04. The number of halogens is 1. The van der Waals surface area contributed by atoms with Crippen molar-refractivity contribution in [3.63, 3.8) is 0 Å². The molecule has 0 fully saturated rings. The SMILES string of the molecule is [C-]#[N+]c1c(Nc2cc(C(=O)OCC)[nH]n2)ncnc1Oc1ccc2c(c1F)C=C(C)C2. The molecule has 1 aromatic carbocycles. The van der Waals surface area contributed by atoms with Gasteiger partial charge in [-0.25, -0.2) is 24.0 Å². The third kappa shape index (κ3) is 3.93. The Kier molecular flexibility index (Phi) is 5.32. The number of aromatic amines is 1. The van der Waals surface area contributed by atoms with Crippen molar-refractivity contribution in [1.82, 2.24) is 20.2 Å². The van der Waals surface area contributed by atoms with Gasteiger partial charge in [0.2, 0.25) is 5.88 Å². The van der Waals surface area contributed by atoms with Crippen LogP contribution in [0.4, 0.5) is 21.7 Å². The van der Waals surface area contributed by atoms with Crippen molar-refractivity contribution in [1.29, 1.82) is 0 Å². The Balaban J connectivity index is 1.61. The molecule has 10 heteroatoms. The van der Waals surface area contributed by atoms with E-state index in [0.717, 1.165) is 11.1 Å². The maximum Gasteiger partial charge on any atom is 0.356 e. The van der Waals surface area contributed by atoms with E-state index in [1.54, 1.807) is 19.1 Å². The number of anilines is 2. The van der Waals surface area contributed by atoms with Gasteiger partial charge in [0.25, 0.3) is 5.69 Å². The number of hydrogen-bond donors (Lipinski definition) is 2. The molecule has 0 amide bonds. The van der Waals surface area contributed by atoms with Gasteiger partial charge in [-0.15, -0.1) is 0 Å². The number of esters is 1. The minimum atomic E-state index is -0.559. The smallest absolute Gasteiger partial charge is 0.356 e. The highest BCUT2D eigenvalue weighted by molar-refractivity contribution is 5.88. The van der Waals surface area contributed by atoms with E-state index in [-0.39, 0.29) is 41.3 Å². The Bertz CT molecular complexity index is 1240. The van der Waals surface area contributed by atoms with Crippen LogP contribution in [0, 0.1) is 12.4 Å². The van der Waals surface area contributed by atoms with Crippen molar-refractivity contribution in [2.24, 2.45) is 0 Å². The molecule has 0 spiro atoms. The van der Waals surface area contributed by atoms with E-state index in [1.807, 2.05) is 6.92 Å². The average Bonchev–Trinajstić information content (AvgIpc) is 3.37.